The standard InChI is InChI=1S/C18H29N7/c1-16-17(12-23-14-18(15-23)25-5-3-4-19-25)13-24(20-16)11-10-22-8-6-21(2)7-9-22/h3-5,13,18H,6-12,14-15H2,1-2H3. The van der Waals surface area contributed by atoms with Crippen LogP contribution in [0.3, 0.4) is 0 Å². The first kappa shape index (κ1) is 16.8. The highest BCUT2D eigenvalue weighted by Gasteiger charge is 2.29. The van der Waals surface area contributed by atoms with Gasteiger partial charge in [-0.25, -0.2) is 0 Å². The molecule has 0 saturated carbocycles. The number of likely N-dealkylation sites (N-methyl/N-ethyl adjacent to an activating group) is 1. The Hall–Kier alpha value is -1.70. The molecule has 0 aromatic carbocycles. The first-order valence-electron chi connectivity index (χ1n) is 9.33. The molecule has 0 N–H and O–H groups in total. The first-order chi connectivity index (χ1) is 12.2. The van der Waals surface area contributed by atoms with Crippen molar-refractivity contribution in [3.63, 3.8) is 0 Å². The third-order valence-corrected chi connectivity index (χ3v) is 5.52. The average molecular weight is 343 g/mol. The van der Waals surface area contributed by atoms with Crippen LogP contribution in [-0.4, -0.2) is 87.1 Å². The predicted molar refractivity (Wildman–Crippen MR) is 97.4 cm³/mol. The minimum absolute atomic E-state index is 0.530. The van der Waals surface area contributed by atoms with Crippen molar-refractivity contribution < 1.29 is 0 Å². The van der Waals surface area contributed by atoms with Crippen LogP contribution in [-0.2, 0) is 13.1 Å². The van der Waals surface area contributed by atoms with Gasteiger partial charge in [-0.2, -0.15) is 10.2 Å². The van der Waals surface area contributed by atoms with Crippen molar-refractivity contribution in [3.8, 4) is 0 Å². The highest BCUT2D eigenvalue weighted by atomic mass is 15.4. The lowest BCUT2D eigenvalue weighted by molar-refractivity contribution is 0.0907. The van der Waals surface area contributed by atoms with Crippen molar-refractivity contribution in [3.05, 3.63) is 35.9 Å². The van der Waals surface area contributed by atoms with E-state index in [9.17, 15) is 0 Å². The number of nitrogens with zero attached hydrogens (tertiary/aromatic N) is 7. The summed E-state index contributed by atoms with van der Waals surface area (Å²) in [5, 5.41) is 9.07. The largest absolute Gasteiger partial charge is 0.304 e. The zero-order valence-electron chi connectivity index (χ0n) is 15.4. The molecule has 25 heavy (non-hydrogen) atoms. The first-order valence-corrected chi connectivity index (χ1v) is 9.33. The zero-order chi connectivity index (χ0) is 17.2. The maximum Gasteiger partial charge on any atom is 0.0773 e. The lowest BCUT2D eigenvalue weighted by Crippen LogP contribution is -2.47. The van der Waals surface area contributed by atoms with E-state index in [2.05, 4.69) is 55.5 Å². The van der Waals surface area contributed by atoms with Crippen molar-refractivity contribution in [2.24, 2.45) is 0 Å². The highest BCUT2D eigenvalue weighted by molar-refractivity contribution is 5.16. The molecule has 0 aliphatic carbocycles. The smallest absolute Gasteiger partial charge is 0.0773 e. The van der Waals surface area contributed by atoms with Crippen LogP contribution in [0.15, 0.2) is 24.7 Å². The Balaban J connectivity index is 1.25. The van der Waals surface area contributed by atoms with Crippen LogP contribution in [0.25, 0.3) is 0 Å². The van der Waals surface area contributed by atoms with Gasteiger partial charge in [-0.15, -0.1) is 0 Å². The maximum atomic E-state index is 4.73. The number of aryl methyl sites for hydroxylation is 1. The second kappa shape index (κ2) is 7.27. The molecule has 2 aromatic rings. The van der Waals surface area contributed by atoms with Crippen molar-refractivity contribution in [2.75, 3.05) is 52.9 Å². The summed E-state index contributed by atoms with van der Waals surface area (Å²) in [6.07, 6.45) is 6.16. The van der Waals surface area contributed by atoms with Crippen LogP contribution in [0, 0.1) is 6.92 Å². The van der Waals surface area contributed by atoms with E-state index >= 15 is 0 Å². The van der Waals surface area contributed by atoms with Crippen LogP contribution in [0.2, 0.25) is 0 Å². The molecular formula is C18H29N7. The summed E-state index contributed by atoms with van der Waals surface area (Å²) in [5.41, 5.74) is 2.53. The van der Waals surface area contributed by atoms with E-state index in [1.165, 1.54) is 37.4 Å². The molecule has 2 aliphatic rings. The van der Waals surface area contributed by atoms with Crippen molar-refractivity contribution in [1.82, 2.24) is 34.3 Å². The third-order valence-electron chi connectivity index (χ3n) is 5.52. The number of aromatic nitrogens is 4. The van der Waals surface area contributed by atoms with Gasteiger partial charge >= 0.3 is 0 Å². The van der Waals surface area contributed by atoms with Gasteiger partial charge in [0.25, 0.3) is 0 Å². The summed E-state index contributed by atoms with van der Waals surface area (Å²) in [6, 6.07) is 2.53. The normalized spacial score (nSPS) is 20.9. The zero-order valence-corrected chi connectivity index (χ0v) is 15.4. The average Bonchev–Trinajstić information content (AvgIpc) is 3.20. The summed E-state index contributed by atoms with van der Waals surface area (Å²) in [6.45, 7) is 12.1. The molecule has 4 heterocycles. The molecule has 136 valence electrons. The Labute approximate surface area is 149 Å². The number of likely N-dealkylation sites (tertiary alicyclic amines) is 1. The lowest BCUT2D eigenvalue weighted by atomic mass is 10.1. The molecule has 4 rings (SSSR count). The summed E-state index contributed by atoms with van der Waals surface area (Å²) in [4.78, 5) is 7.41. The number of hydrogen-bond acceptors (Lipinski definition) is 5. The van der Waals surface area contributed by atoms with Crippen molar-refractivity contribution >= 4 is 0 Å². The molecule has 0 bridgehead atoms. The van der Waals surface area contributed by atoms with E-state index in [0.29, 0.717) is 6.04 Å². The summed E-state index contributed by atoms with van der Waals surface area (Å²) >= 11 is 0. The van der Waals surface area contributed by atoms with Crippen molar-refractivity contribution in [2.45, 2.75) is 26.1 Å². The number of piperazine rings is 1. The molecule has 0 radical (unpaired) electrons. The van der Waals surface area contributed by atoms with E-state index in [1.54, 1.807) is 0 Å². The van der Waals surface area contributed by atoms with Gasteiger partial charge in [0.2, 0.25) is 0 Å². The van der Waals surface area contributed by atoms with E-state index in [0.717, 1.165) is 32.7 Å². The van der Waals surface area contributed by atoms with Gasteiger partial charge < -0.3 is 4.90 Å². The van der Waals surface area contributed by atoms with Gasteiger partial charge in [0, 0.05) is 76.5 Å². The molecule has 7 heteroatoms. The van der Waals surface area contributed by atoms with E-state index in [-0.39, 0.29) is 0 Å². The fourth-order valence-electron chi connectivity index (χ4n) is 3.72. The Kier molecular flexibility index (Phi) is 4.87. The number of rotatable bonds is 6. The maximum absolute atomic E-state index is 4.73. The lowest BCUT2D eigenvalue weighted by Gasteiger charge is -2.39. The van der Waals surface area contributed by atoms with Crippen LogP contribution < -0.4 is 0 Å². The van der Waals surface area contributed by atoms with E-state index < -0.39 is 0 Å². The molecule has 0 spiro atoms. The second-order valence-corrected chi connectivity index (χ2v) is 7.48. The van der Waals surface area contributed by atoms with E-state index in [1.807, 2.05) is 12.3 Å². The molecule has 2 aromatic heterocycles. The topological polar surface area (TPSA) is 45.4 Å². The molecule has 2 aliphatic heterocycles. The van der Waals surface area contributed by atoms with Gasteiger partial charge in [0.15, 0.2) is 0 Å². The highest BCUT2D eigenvalue weighted by Crippen LogP contribution is 2.23. The van der Waals surface area contributed by atoms with Crippen LogP contribution >= 0.6 is 0 Å². The molecule has 0 unspecified atom stereocenters. The van der Waals surface area contributed by atoms with Gasteiger partial charge in [-0.05, 0) is 20.0 Å². The summed E-state index contributed by atoms with van der Waals surface area (Å²) in [7, 11) is 2.20. The van der Waals surface area contributed by atoms with Crippen LogP contribution in [0.5, 0.6) is 0 Å². The molecular weight excluding hydrogens is 314 g/mol. The Morgan fingerprint density at radius 1 is 1.08 bits per heavy atom. The summed E-state index contributed by atoms with van der Waals surface area (Å²) in [5.74, 6) is 0. The van der Waals surface area contributed by atoms with Gasteiger partial charge in [-0.3, -0.25) is 19.2 Å². The fourth-order valence-corrected chi connectivity index (χ4v) is 3.72. The monoisotopic (exact) mass is 343 g/mol. The molecule has 2 saturated heterocycles. The third kappa shape index (κ3) is 3.94. The Morgan fingerprint density at radius 2 is 1.88 bits per heavy atom. The van der Waals surface area contributed by atoms with Crippen LogP contribution in [0.1, 0.15) is 17.3 Å². The minimum atomic E-state index is 0.530. The van der Waals surface area contributed by atoms with Crippen LogP contribution in [0.4, 0.5) is 0 Å². The minimum Gasteiger partial charge on any atom is -0.304 e. The Morgan fingerprint density at radius 3 is 2.60 bits per heavy atom. The molecule has 7 nitrogen and oxygen atoms in total. The summed E-state index contributed by atoms with van der Waals surface area (Å²) < 4.78 is 4.20. The Bertz CT molecular complexity index is 664. The van der Waals surface area contributed by atoms with Gasteiger partial charge in [0.05, 0.1) is 18.3 Å². The van der Waals surface area contributed by atoms with Gasteiger partial charge in [-0.1, -0.05) is 0 Å². The SMILES string of the molecule is Cc1nn(CCN2CCN(C)CC2)cc1CN1CC(n2cccn2)C1. The van der Waals surface area contributed by atoms with Gasteiger partial charge in [0.1, 0.15) is 0 Å². The fraction of sp³-hybridized carbons (Fsp3) is 0.667. The second-order valence-electron chi connectivity index (χ2n) is 7.48. The van der Waals surface area contributed by atoms with Crippen molar-refractivity contribution in [1.29, 1.82) is 0 Å². The molecule has 0 amide bonds. The molecule has 0 atom stereocenters. The predicted octanol–water partition coefficient (Wildman–Crippen LogP) is 0.692. The number of hydrogen-bond donors (Lipinski definition) is 0. The quantitative estimate of drug-likeness (QED) is 0.772. The molecule has 2 fully saturated rings. The van der Waals surface area contributed by atoms with E-state index in [4.69, 9.17) is 5.10 Å².